The predicted octanol–water partition coefficient (Wildman–Crippen LogP) is 4.61. The van der Waals surface area contributed by atoms with Gasteiger partial charge in [-0.15, -0.1) is 0 Å². The summed E-state index contributed by atoms with van der Waals surface area (Å²) in [5, 5.41) is 34.0. The van der Waals surface area contributed by atoms with Crippen molar-refractivity contribution in [1.29, 1.82) is 0 Å². The van der Waals surface area contributed by atoms with E-state index in [1.807, 2.05) is 20.8 Å². The van der Waals surface area contributed by atoms with Crippen molar-refractivity contribution in [3.63, 3.8) is 0 Å². The van der Waals surface area contributed by atoms with Gasteiger partial charge in [0.2, 0.25) is 0 Å². The van der Waals surface area contributed by atoms with Crippen molar-refractivity contribution in [1.82, 2.24) is 10.2 Å². The van der Waals surface area contributed by atoms with Crippen molar-refractivity contribution in [3.05, 3.63) is 34.9 Å². The van der Waals surface area contributed by atoms with Crippen LogP contribution in [-0.2, 0) is 10.2 Å². The fourth-order valence-corrected chi connectivity index (χ4v) is 5.75. The zero-order valence-corrected chi connectivity index (χ0v) is 21.0. The molecule has 2 fully saturated rings. The highest BCUT2D eigenvalue weighted by Gasteiger charge is 2.63. The maximum absolute atomic E-state index is 12.6. The van der Waals surface area contributed by atoms with Crippen LogP contribution in [0.5, 0.6) is 0 Å². The van der Waals surface area contributed by atoms with E-state index < -0.39 is 28.5 Å². The van der Waals surface area contributed by atoms with E-state index in [2.05, 4.69) is 12.2 Å². The molecule has 1 aliphatic carbocycles. The zero-order valence-electron chi connectivity index (χ0n) is 20.2. The number of aliphatic hydroxyl groups is 1. The Morgan fingerprint density at radius 1 is 1.15 bits per heavy atom. The Hall–Kier alpha value is -1.83. The second-order valence-corrected chi connectivity index (χ2v) is 10.7. The number of rotatable bonds is 4. The van der Waals surface area contributed by atoms with E-state index in [0.717, 1.165) is 32.4 Å². The van der Waals surface area contributed by atoms with E-state index >= 15 is 0 Å². The van der Waals surface area contributed by atoms with E-state index in [4.69, 9.17) is 16.7 Å². The lowest BCUT2D eigenvalue weighted by Gasteiger charge is -2.54. The molecule has 0 aromatic heterocycles. The topological polar surface area (TPSA) is 110 Å². The number of halogens is 1. The van der Waals surface area contributed by atoms with Crippen molar-refractivity contribution < 1.29 is 24.9 Å². The molecule has 1 amide bonds. The summed E-state index contributed by atoms with van der Waals surface area (Å²) in [6.45, 7) is 10.6. The first-order valence-electron chi connectivity index (χ1n) is 11.8. The van der Waals surface area contributed by atoms with Gasteiger partial charge in [0, 0.05) is 31.2 Å². The highest BCUT2D eigenvalue weighted by atomic mass is 35.5. The van der Waals surface area contributed by atoms with Gasteiger partial charge in [-0.05, 0) is 54.7 Å². The highest BCUT2D eigenvalue weighted by molar-refractivity contribution is 6.30. The first-order chi connectivity index (χ1) is 15.4. The average Bonchev–Trinajstić information content (AvgIpc) is 2.74. The fourth-order valence-electron chi connectivity index (χ4n) is 5.56. The van der Waals surface area contributed by atoms with Crippen molar-refractivity contribution in [2.24, 2.45) is 11.3 Å². The van der Waals surface area contributed by atoms with Crippen molar-refractivity contribution in [2.75, 3.05) is 26.2 Å². The Morgan fingerprint density at radius 3 is 2.12 bits per heavy atom. The van der Waals surface area contributed by atoms with Gasteiger partial charge in [0.1, 0.15) is 5.41 Å². The Bertz CT molecular complexity index is 811. The first-order valence-corrected chi connectivity index (χ1v) is 12.2. The van der Waals surface area contributed by atoms with Gasteiger partial charge < -0.3 is 25.5 Å². The van der Waals surface area contributed by atoms with Crippen LogP contribution in [0.25, 0.3) is 0 Å². The maximum Gasteiger partial charge on any atom is 0.407 e. The molecule has 1 unspecified atom stereocenters. The molecule has 0 spiro atoms. The van der Waals surface area contributed by atoms with Crippen molar-refractivity contribution in [2.45, 2.75) is 70.8 Å². The number of nitrogens with zero attached hydrogens (tertiary/aromatic N) is 1. The molecular weight excluding hydrogens is 444 g/mol. The number of carbonyl (C=O) groups is 2. The molecule has 2 aliphatic rings. The van der Waals surface area contributed by atoms with Crippen LogP contribution in [0.3, 0.4) is 0 Å². The smallest absolute Gasteiger partial charge is 0.407 e. The number of aliphatic carboxylic acids is 1. The molecule has 1 saturated carbocycles. The van der Waals surface area contributed by atoms with Crippen LogP contribution in [0, 0.1) is 11.3 Å². The third-order valence-corrected chi connectivity index (χ3v) is 7.53. The molecule has 8 heteroatoms. The number of benzene rings is 1. The van der Waals surface area contributed by atoms with Gasteiger partial charge >= 0.3 is 12.1 Å². The Labute approximate surface area is 202 Å². The minimum atomic E-state index is -1.40. The fraction of sp³-hybridized carbons (Fsp3) is 0.680. The van der Waals surface area contributed by atoms with E-state index in [0.29, 0.717) is 42.4 Å². The monoisotopic (exact) mass is 482 g/mol. The first kappa shape index (κ1) is 27.4. The lowest BCUT2D eigenvalue weighted by atomic mass is 9.50. The molecule has 0 radical (unpaired) electrons. The lowest BCUT2D eigenvalue weighted by molar-refractivity contribution is -0.175. The zero-order chi connectivity index (χ0) is 24.9. The number of nitrogens with one attached hydrogen (secondary N) is 1. The normalized spacial score (nSPS) is 25.4. The van der Waals surface area contributed by atoms with E-state index in [9.17, 15) is 19.8 Å². The standard InChI is InChI=1S/C20H29ClO3.C5H10N2O2/c1-5-14-9-11-19(24,12-10-14)20(17(22)23,18(2,3)4)15-7-6-8-16(21)13-15;8-5(9)7-3-1-6-2-4-7/h6-8,13-14,24H,5,9-12H2,1-4H3,(H,22,23);6H,1-4H2,(H,8,9). The van der Waals surface area contributed by atoms with Gasteiger partial charge in [0.15, 0.2) is 0 Å². The molecule has 4 N–H and O–H groups in total. The quantitative estimate of drug-likeness (QED) is 0.498. The maximum atomic E-state index is 12.6. The summed E-state index contributed by atoms with van der Waals surface area (Å²) in [5.41, 5.74) is -2.76. The number of hydrogen-bond acceptors (Lipinski definition) is 4. The molecule has 1 aromatic carbocycles. The predicted molar refractivity (Wildman–Crippen MR) is 130 cm³/mol. The Kier molecular flexibility index (Phi) is 9.19. The third-order valence-electron chi connectivity index (χ3n) is 7.30. The SMILES string of the molecule is CCC1CCC(O)(C(C(=O)O)(c2cccc(Cl)c2)C(C)(C)C)CC1.O=C(O)N1CCNCC1. The van der Waals surface area contributed by atoms with Gasteiger partial charge in [-0.1, -0.05) is 57.8 Å². The van der Waals surface area contributed by atoms with Gasteiger partial charge in [0.25, 0.3) is 0 Å². The molecule has 1 saturated heterocycles. The molecule has 33 heavy (non-hydrogen) atoms. The van der Waals surface area contributed by atoms with Crippen LogP contribution in [-0.4, -0.2) is 64.1 Å². The number of amides is 1. The number of hydrogen-bond donors (Lipinski definition) is 4. The van der Waals surface area contributed by atoms with Crippen LogP contribution in [0.15, 0.2) is 24.3 Å². The molecule has 186 valence electrons. The van der Waals surface area contributed by atoms with E-state index in [1.54, 1.807) is 24.3 Å². The third kappa shape index (κ3) is 5.81. The van der Waals surface area contributed by atoms with Crippen LogP contribution in [0.1, 0.15) is 65.4 Å². The largest absolute Gasteiger partial charge is 0.480 e. The summed E-state index contributed by atoms with van der Waals surface area (Å²) in [6, 6.07) is 6.99. The van der Waals surface area contributed by atoms with Crippen LogP contribution >= 0.6 is 11.6 Å². The van der Waals surface area contributed by atoms with Gasteiger partial charge in [0.05, 0.1) is 5.60 Å². The number of piperazine rings is 1. The molecule has 1 aromatic rings. The molecule has 1 heterocycles. The second kappa shape index (κ2) is 11.1. The summed E-state index contributed by atoms with van der Waals surface area (Å²) in [4.78, 5) is 24.3. The average molecular weight is 483 g/mol. The van der Waals surface area contributed by atoms with Gasteiger partial charge in [-0.2, -0.15) is 0 Å². The van der Waals surface area contributed by atoms with Crippen LogP contribution < -0.4 is 5.32 Å². The molecule has 0 bridgehead atoms. The molecule has 1 aliphatic heterocycles. The van der Waals surface area contributed by atoms with Gasteiger partial charge in [-0.3, -0.25) is 4.79 Å². The minimum absolute atomic E-state index is 0.494. The molecule has 7 nitrogen and oxygen atoms in total. The van der Waals surface area contributed by atoms with Gasteiger partial charge in [-0.25, -0.2) is 4.79 Å². The highest BCUT2D eigenvalue weighted by Crippen LogP contribution is 2.55. The van der Waals surface area contributed by atoms with Crippen molar-refractivity contribution in [3.8, 4) is 0 Å². The lowest BCUT2D eigenvalue weighted by Crippen LogP contribution is -2.64. The summed E-state index contributed by atoms with van der Waals surface area (Å²) in [5.74, 6) is -0.411. The Balaban J connectivity index is 0.000000357. The molecule has 1 atom stereocenters. The molecular formula is C25H39ClN2O5. The van der Waals surface area contributed by atoms with Crippen LogP contribution in [0.4, 0.5) is 4.79 Å². The summed E-state index contributed by atoms with van der Waals surface area (Å²) in [7, 11) is 0. The van der Waals surface area contributed by atoms with E-state index in [1.165, 1.54) is 4.90 Å². The van der Waals surface area contributed by atoms with Crippen LogP contribution in [0.2, 0.25) is 5.02 Å². The minimum Gasteiger partial charge on any atom is -0.480 e. The molecule has 3 rings (SSSR count). The number of carboxylic acids is 1. The summed E-state index contributed by atoms with van der Waals surface area (Å²) < 4.78 is 0. The Morgan fingerprint density at radius 2 is 1.73 bits per heavy atom. The summed E-state index contributed by atoms with van der Waals surface area (Å²) in [6.07, 6.45) is 2.99. The number of carboxylic acid groups (broad SMARTS) is 2. The van der Waals surface area contributed by atoms with E-state index in [-0.39, 0.29) is 0 Å². The second-order valence-electron chi connectivity index (χ2n) is 10.2. The van der Waals surface area contributed by atoms with Crippen molar-refractivity contribution >= 4 is 23.7 Å². The summed E-state index contributed by atoms with van der Waals surface area (Å²) >= 11 is 6.16.